The maximum absolute atomic E-state index is 12.7. The number of rotatable bonds is 6. The van der Waals surface area contributed by atoms with Gasteiger partial charge < -0.3 is 9.84 Å². The number of carboxylic acids is 1. The van der Waals surface area contributed by atoms with Crippen LogP contribution in [0.3, 0.4) is 0 Å². The highest BCUT2D eigenvalue weighted by Gasteiger charge is 2.37. The van der Waals surface area contributed by atoms with E-state index in [4.69, 9.17) is 16.3 Å². The van der Waals surface area contributed by atoms with E-state index < -0.39 is 11.4 Å². The number of carbonyl (C=O) groups excluding carboxylic acids is 1. The van der Waals surface area contributed by atoms with Crippen LogP contribution in [0.15, 0.2) is 18.2 Å². The molecule has 0 bridgehead atoms. The summed E-state index contributed by atoms with van der Waals surface area (Å²) < 4.78 is 5.23. The van der Waals surface area contributed by atoms with E-state index in [-0.39, 0.29) is 18.6 Å². The van der Waals surface area contributed by atoms with E-state index in [0.717, 1.165) is 32.1 Å². The molecule has 1 aliphatic carbocycles. The molecule has 0 atom stereocenters. The Balaban J connectivity index is 2.24. The van der Waals surface area contributed by atoms with Crippen LogP contribution in [0.25, 0.3) is 0 Å². The molecule has 5 heteroatoms. The number of ether oxygens (including phenoxy) is 1. The summed E-state index contributed by atoms with van der Waals surface area (Å²) in [7, 11) is 1.51. The summed E-state index contributed by atoms with van der Waals surface area (Å²) in [5.41, 5.74) is -0.000519. The molecular weight excluding hydrogens is 304 g/mol. The summed E-state index contributed by atoms with van der Waals surface area (Å²) in [6.45, 7) is 0. The number of benzene rings is 1. The van der Waals surface area contributed by atoms with Crippen molar-refractivity contribution in [1.82, 2.24) is 0 Å². The lowest BCUT2D eigenvalue weighted by atomic mass is 9.68. The molecule has 0 aromatic heterocycles. The lowest BCUT2D eigenvalue weighted by Gasteiger charge is -2.35. The number of carbonyl (C=O) groups is 2. The Bertz CT molecular complexity index is 562. The second-order valence-corrected chi connectivity index (χ2v) is 6.51. The largest absolute Gasteiger partial charge is 0.496 e. The van der Waals surface area contributed by atoms with Crippen LogP contribution < -0.4 is 4.74 Å². The first-order chi connectivity index (χ1) is 10.5. The van der Waals surface area contributed by atoms with E-state index in [0.29, 0.717) is 16.3 Å². The van der Waals surface area contributed by atoms with E-state index in [2.05, 4.69) is 0 Å². The monoisotopic (exact) mass is 324 g/mol. The molecule has 22 heavy (non-hydrogen) atoms. The van der Waals surface area contributed by atoms with Crippen molar-refractivity contribution in [2.24, 2.45) is 5.41 Å². The van der Waals surface area contributed by atoms with Crippen LogP contribution in [-0.4, -0.2) is 24.0 Å². The molecule has 0 heterocycles. The predicted molar refractivity (Wildman–Crippen MR) is 84.7 cm³/mol. The highest BCUT2D eigenvalue weighted by molar-refractivity contribution is 6.31. The molecule has 0 unspecified atom stereocenters. The van der Waals surface area contributed by atoms with Gasteiger partial charge in [0, 0.05) is 11.4 Å². The van der Waals surface area contributed by atoms with Crippen molar-refractivity contribution in [3.63, 3.8) is 0 Å². The molecule has 1 aliphatic rings. The highest BCUT2D eigenvalue weighted by Crippen LogP contribution is 2.43. The lowest BCUT2D eigenvalue weighted by Crippen LogP contribution is -2.30. The second-order valence-electron chi connectivity index (χ2n) is 6.08. The normalized spacial score (nSPS) is 17.0. The molecule has 0 saturated heterocycles. The number of hydrogen-bond donors (Lipinski definition) is 1. The zero-order valence-electron chi connectivity index (χ0n) is 12.7. The van der Waals surface area contributed by atoms with Gasteiger partial charge in [0.25, 0.3) is 0 Å². The van der Waals surface area contributed by atoms with Crippen molar-refractivity contribution in [2.75, 3.05) is 7.11 Å². The van der Waals surface area contributed by atoms with Crippen LogP contribution in [0, 0.1) is 5.41 Å². The number of methoxy groups -OCH3 is 1. The van der Waals surface area contributed by atoms with Crippen molar-refractivity contribution in [3.05, 3.63) is 28.8 Å². The van der Waals surface area contributed by atoms with Crippen LogP contribution >= 0.6 is 11.6 Å². The van der Waals surface area contributed by atoms with Gasteiger partial charge in [0.15, 0.2) is 5.78 Å². The molecule has 0 radical (unpaired) electrons. The number of halogens is 1. The molecular formula is C17H21ClO4. The van der Waals surface area contributed by atoms with Crippen LogP contribution in [-0.2, 0) is 4.79 Å². The van der Waals surface area contributed by atoms with Crippen molar-refractivity contribution in [2.45, 2.75) is 44.9 Å². The maximum Gasteiger partial charge on any atom is 0.303 e. The Hall–Kier alpha value is -1.55. The van der Waals surface area contributed by atoms with Gasteiger partial charge in [-0.1, -0.05) is 30.9 Å². The Morgan fingerprint density at radius 3 is 2.50 bits per heavy atom. The van der Waals surface area contributed by atoms with Gasteiger partial charge >= 0.3 is 5.97 Å². The molecule has 4 nitrogen and oxygen atoms in total. The average Bonchev–Trinajstić information content (AvgIpc) is 2.47. The molecule has 2 rings (SSSR count). The van der Waals surface area contributed by atoms with Crippen LogP contribution in [0.2, 0.25) is 5.02 Å². The van der Waals surface area contributed by atoms with Gasteiger partial charge in [-0.15, -0.1) is 0 Å². The second kappa shape index (κ2) is 7.14. The first-order valence-electron chi connectivity index (χ1n) is 7.54. The summed E-state index contributed by atoms with van der Waals surface area (Å²) in [4.78, 5) is 23.9. The average molecular weight is 325 g/mol. The van der Waals surface area contributed by atoms with E-state index in [1.165, 1.54) is 7.11 Å². The smallest absolute Gasteiger partial charge is 0.303 e. The summed E-state index contributed by atoms with van der Waals surface area (Å²) in [6, 6.07) is 4.94. The summed E-state index contributed by atoms with van der Waals surface area (Å²) in [5.74, 6) is -0.453. The standard InChI is InChI=1S/C17H21ClO4/c1-22-15-6-5-12(18)9-13(15)14(19)10-17(11-16(20)21)7-3-2-4-8-17/h5-6,9H,2-4,7-8,10-11H2,1H3,(H,20,21). The SMILES string of the molecule is COc1ccc(Cl)cc1C(=O)CC1(CC(=O)O)CCCCC1. The number of Topliss-reactive ketones (excluding diaryl/α,β-unsaturated/α-hetero) is 1. The minimum absolute atomic E-state index is 0.0433. The molecule has 120 valence electrons. The zero-order chi connectivity index (χ0) is 16.2. The third-order valence-corrected chi connectivity index (χ3v) is 4.67. The van der Waals surface area contributed by atoms with Crippen molar-refractivity contribution in [3.8, 4) is 5.75 Å². The van der Waals surface area contributed by atoms with E-state index in [9.17, 15) is 14.7 Å². The minimum atomic E-state index is -0.840. The molecule has 1 aromatic carbocycles. The van der Waals surface area contributed by atoms with Gasteiger partial charge in [-0.2, -0.15) is 0 Å². The van der Waals surface area contributed by atoms with Crippen LogP contribution in [0.1, 0.15) is 55.3 Å². The van der Waals surface area contributed by atoms with Gasteiger partial charge in [-0.25, -0.2) is 0 Å². The first kappa shape index (κ1) is 16.8. The summed E-state index contributed by atoms with van der Waals surface area (Å²) in [6.07, 6.45) is 4.91. The van der Waals surface area contributed by atoms with Gasteiger partial charge in [0.1, 0.15) is 5.75 Å². The van der Waals surface area contributed by atoms with Gasteiger partial charge in [0.2, 0.25) is 0 Å². The van der Waals surface area contributed by atoms with Crippen molar-refractivity contribution < 1.29 is 19.4 Å². The summed E-state index contributed by atoms with van der Waals surface area (Å²) in [5, 5.41) is 9.67. The number of ketones is 1. The fourth-order valence-electron chi connectivity index (χ4n) is 3.37. The topological polar surface area (TPSA) is 63.6 Å². The molecule has 1 fully saturated rings. The van der Waals surface area contributed by atoms with E-state index in [1.807, 2.05) is 0 Å². The Labute approximate surface area is 135 Å². The molecule has 0 aliphatic heterocycles. The Morgan fingerprint density at radius 1 is 1.23 bits per heavy atom. The first-order valence-corrected chi connectivity index (χ1v) is 7.92. The predicted octanol–water partition coefficient (Wildman–Crippen LogP) is 4.35. The number of aliphatic carboxylic acids is 1. The molecule has 1 N–H and O–H groups in total. The third kappa shape index (κ3) is 4.01. The van der Waals surface area contributed by atoms with Gasteiger partial charge in [-0.3, -0.25) is 9.59 Å². The molecule has 0 amide bonds. The van der Waals surface area contributed by atoms with Crippen LogP contribution in [0.5, 0.6) is 5.75 Å². The quantitative estimate of drug-likeness (QED) is 0.790. The summed E-state index contributed by atoms with van der Waals surface area (Å²) >= 11 is 5.98. The fourth-order valence-corrected chi connectivity index (χ4v) is 3.54. The fraction of sp³-hybridized carbons (Fsp3) is 0.529. The Kier molecular flexibility index (Phi) is 5.46. The van der Waals surface area contributed by atoms with Crippen LogP contribution in [0.4, 0.5) is 0 Å². The van der Waals surface area contributed by atoms with Crippen molar-refractivity contribution >= 4 is 23.4 Å². The minimum Gasteiger partial charge on any atom is -0.496 e. The highest BCUT2D eigenvalue weighted by atomic mass is 35.5. The third-order valence-electron chi connectivity index (χ3n) is 4.44. The molecule has 0 spiro atoms. The number of hydrogen-bond acceptors (Lipinski definition) is 3. The van der Waals surface area contributed by atoms with E-state index in [1.54, 1.807) is 18.2 Å². The van der Waals surface area contributed by atoms with Gasteiger partial charge in [0.05, 0.1) is 19.1 Å². The van der Waals surface area contributed by atoms with Crippen molar-refractivity contribution in [1.29, 1.82) is 0 Å². The zero-order valence-corrected chi connectivity index (χ0v) is 13.5. The maximum atomic E-state index is 12.7. The van der Waals surface area contributed by atoms with E-state index >= 15 is 0 Å². The molecule has 1 aromatic rings. The lowest BCUT2D eigenvalue weighted by molar-refractivity contribution is -0.140. The molecule has 1 saturated carbocycles. The Morgan fingerprint density at radius 2 is 1.91 bits per heavy atom. The van der Waals surface area contributed by atoms with Gasteiger partial charge in [-0.05, 0) is 36.5 Å². The number of carboxylic acid groups (broad SMARTS) is 1.